The van der Waals surface area contributed by atoms with Crippen LogP contribution in [0.15, 0.2) is 52.9 Å². The molecule has 1 aromatic heterocycles. The maximum atomic E-state index is 12.7. The highest BCUT2D eigenvalue weighted by atomic mass is 32.2. The van der Waals surface area contributed by atoms with Crippen molar-refractivity contribution in [3.8, 4) is 11.5 Å². The van der Waals surface area contributed by atoms with Crippen LogP contribution in [0.3, 0.4) is 0 Å². The minimum Gasteiger partial charge on any atom is -0.465 e. The smallest absolute Gasteiger partial charge is 0.408 e. The van der Waals surface area contributed by atoms with Gasteiger partial charge < -0.3 is 19.2 Å². The number of methoxy groups -OCH3 is 1. The van der Waals surface area contributed by atoms with Crippen molar-refractivity contribution in [3.63, 3.8) is 0 Å². The summed E-state index contributed by atoms with van der Waals surface area (Å²) in [5, 5.41) is 11.2. The average molecular weight is 545 g/mol. The standard InChI is InChI=1S/C26H32N4O7S/c1-25(2,3)37-24(32)27-26(4,16-17-11-9-8-10-12-17)23-29-28-21(36-23)18-13-19(22(31)35-6)15-20(14-18)30(5)38(7,33)34/h8-15H,16H2,1-7H3,(H,27,32). The number of nitrogens with zero attached hydrogens (tertiary/aromatic N) is 3. The van der Waals surface area contributed by atoms with Crippen molar-refractivity contribution in [3.05, 3.63) is 65.5 Å². The molecule has 1 heterocycles. The number of esters is 1. The first-order chi connectivity index (χ1) is 17.6. The van der Waals surface area contributed by atoms with Gasteiger partial charge >= 0.3 is 12.1 Å². The molecule has 1 atom stereocenters. The molecule has 0 aliphatic heterocycles. The third-order valence-electron chi connectivity index (χ3n) is 5.52. The van der Waals surface area contributed by atoms with Gasteiger partial charge in [-0.1, -0.05) is 30.3 Å². The first-order valence-electron chi connectivity index (χ1n) is 11.7. The zero-order valence-electron chi connectivity index (χ0n) is 22.4. The van der Waals surface area contributed by atoms with Crippen LogP contribution in [0.2, 0.25) is 0 Å². The van der Waals surface area contributed by atoms with E-state index in [-0.39, 0.29) is 28.6 Å². The van der Waals surface area contributed by atoms with Crippen molar-refractivity contribution in [2.45, 2.75) is 45.3 Å². The summed E-state index contributed by atoms with van der Waals surface area (Å²) in [4.78, 5) is 25.1. The number of sulfonamides is 1. The van der Waals surface area contributed by atoms with Crippen LogP contribution in [0.5, 0.6) is 0 Å². The second kappa shape index (κ2) is 10.8. The number of anilines is 1. The molecule has 12 heteroatoms. The number of nitrogens with one attached hydrogen (secondary N) is 1. The SMILES string of the molecule is COC(=O)c1cc(-c2nnc(C(C)(Cc3ccccc3)NC(=O)OC(C)(C)C)o2)cc(N(C)S(C)(=O)=O)c1. The van der Waals surface area contributed by atoms with Crippen molar-refractivity contribution in [1.29, 1.82) is 0 Å². The predicted octanol–water partition coefficient (Wildman–Crippen LogP) is 3.90. The number of amides is 1. The van der Waals surface area contributed by atoms with Crippen LogP contribution < -0.4 is 9.62 Å². The monoisotopic (exact) mass is 544 g/mol. The summed E-state index contributed by atoms with van der Waals surface area (Å²) >= 11 is 0. The summed E-state index contributed by atoms with van der Waals surface area (Å²) in [5.41, 5.74) is -0.416. The van der Waals surface area contributed by atoms with Gasteiger partial charge in [0.15, 0.2) is 0 Å². The van der Waals surface area contributed by atoms with E-state index in [4.69, 9.17) is 13.9 Å². The van der Waals surface area contributed by atoms with Gasteiger partial charge in [0, 0.05) is 19.0 Å². The summed E-state index contributed by atoms with van der Waals surface area (Å²) in [6.45, 7) is 7.00. The molecule has 204 valence electrons. The van der Waals surface area contributed by atoms with Crippen LogP contribution in [0.4, 0.5) is 10.5 Å². The van der Waals surface area contributed by atoms with Crippen molar-refractivity contribution < 1.29 is 31.9 Å². The molecule has 1 N–H and O–H groups in total. The Morgan fingerprint density at radius 1 is 1.05 bits per heavy atom. The summed E-state index contributed by atoms with van der Waals surface area (Å²) in [6, 6.07) is 13.8. The molecule has 0 aliphatic rings. The topological polar surface area (TPSA) is 141 Å². The van der Waals surface area contributed by atoms with E-state index in [1.54, 1.807) is 27.7 Å². The Morgan fingerprint density at radius 2 is 1.71 bits per heavy atom. The molecule has 0 fully saturated rings. The Labute approximate surface area is 222 Å². The lowest BCUT2D eigenvalue weighted by Crippen LogP contribution is -2.47. The fourth-order valence-corrected chi connectivity index (χ4v) is 4.10. The first kappa shape index (κ1) is 28.6. The summed E-state index contributed by atoms with van der Waals surface area (Å²) in [6.07, 6.45) is 0.680. The van der Waals surface area contributed by atoms with Crippen molar-refractivity contribution in [2.24, 2.45) is 0 Å². The van der Waals surface area contributed by atoms with E-state index in [9.17, 15) is 18.0 Å². The second-order valence-electron chi connectivity index (χ2n) is 10.0. The fourth-order valence-electron chi connectivity index (χ4n) is 3.61. The fraction of sp³-hybridized carbons (Fsp3) is 0.385. The number of hydrogen-bond donors (Lipinski definition) is 1. The van der Waals surface area contributed by atoms with Crippen LogP contribution in [0.25, 0.3) is 11.5 Å². The molecule has 0 radical (unpaired) electrons. The van der Waals surface area contributed by atoms with Crippen LogP contribution >= 0.6 is 0 Å². The zero-order valence-corrected chi connectivity index (χ0v) is 23.3. The molecular weight excluding hydrogens is 512 g/mol. The molecule has 3 rings (SSSR count). The molecule has 1 unspecified atom stereocenters. The molecule has 3 aromatic rings. The van der Waals surface area contributed by atoms with Gasteiger partial charge in [0.2, 0.25) is 21.8 Å². The Bertz CT molecular complexity index is 1410. The summed E-state index contributed by atoms with van der Waals surface area (Å²) in [5.74, 6) is -0.571. The van der Waals surface area contributed by atoms with Gasteiger partial charge in [-0.05, 0) is 51.5 Å². The Balaban J connectivity index is 2.07. The molecule has 2 aromatic carbocycles. The van der Waals surface area contributed by atoms with Gasteiger partial charge in [-0.15, -0.1) is 10.2 Å². The van der Waals surface area contributed by atoms with Gasteiger partial charge in [0.25, 0.3) is 0 Å². The lowest BCUT2D eigenvalue weighted by molar-refractivity contribution is 0.0443. The van der Waals surface area contributed by atoms with E-state index in [0.29, 0.717) is 6.42 Å². The molecule has 11 nitrogen and oxygen atoms in total. The highest BCUT2D eigenvalue weighted by Crippen LogP contribution is 2.31. The summed E-state index contributed by atoms with van der Waals surface area (Å²) in [7, 11) is -1.06. The second-order valence-corrected chi connectivity index (χ2v) is 12.0. The normalized spacial score (nSPS) is 13.3. The van der Waals surface area contributed by atoms with E-state index in [2.05, 4.69) is 15.5 Å². The number of rotatable bonds is 8. The third-order valence-corrected chi connectivity index (χ3v) is 6.73. The number of hydrogen-bond acceptors (Lipinski definition) is 9. The lowest BCUT2D eigenvalue weighted by atomic mass is 9.92. The highest BCUT2D eigenvalue weighted by molar-refractivity contribution is 7.92. The molecule has 1 amide bonds. The van der Waals surface area contributed by atoms with E-state index in [0.717, 1.165) is 16.1 Å². The molecule has 0 bridgehead atoms. The van der Waals surface area contributed by atoms with Gasteiger partial charge in [-0.2, -0.15) is 0 Å². The largest absolute Gasteiger partial charge is 0.465 e. The molecule has 0 saturated heterocycles. The van der Waals surface area contributed by atoms with E-state index in [1.165, 1.54) is 32.4 Å². The number of aromatic nitrogens is 2. The molecule has 0 saturated carbocycles. The minimum absolute atomic E-state index is 0.0131. The Kier molecular flexibility index (Phi) is 8.15. The zero-order chi connectivity index (χ0) is 28.3. The number of ether oxygens (including phenoxy) is 2. The molecule has 0 aliphatic carbocycles. The Morgan fingerprint density at radius 3 is 2.29 bits per heavy atom. The van der Waals surface area contributed by atoms with E-state index in [1.807, 2.05) is 30.3 Å². The maximum Gasteiger partial charge on any atom is 0.408 e. The van der Waals surface area contributed by atoms with Gasteiger partial charge in [0.1, 0.15) is 11.1 Å². The van der Waals surface area contributed by atoms with Crippen molar-refractivity contribution >= 4 is 27.8 Å². The quantitative estimate of drug-likeness (QED) is 0.418. The van der Waals surface area contributed by atoms with Crippen LogP contribution in [0, 0.1) is 0 Å². The number of alkyl carbamates (subject to hydrolysis) is 1. The van der Waals surface area contributed by atoms with Crippen LogP contribution in [0.1, 0.15) is 49.5 Å². The molecule has 0 spiro atoms. The Hall–Kier alpha value is -3.93. The maximum absolute atomic E-state index is 12.7. The first-order valence-corrected chi connectivity index (χ1v) is 13.5. The van der Waals surface area contributed by atoms with Crippen molar-refractivity contribution in [2.75, 3.05) is 24.7 Å². The average Bonchev–Trinajstić information content (AvgIpc) is 3.33. The number of carbonyl (C=O) groups is 2. The lowest BCUT2D eigenvalue weighted by Gasteiger charge is -2.29. The number of carbonyl (C=O) groups excluding carboxylic acids is 2. The molecular formula is C26H32N4O7S. The summed E-state index contributed by atoms with van der Waals surface area (Å²) < 4.78 is 41.6. The third kappa shape index (κ3) is 7.09. The predicted molar refractivity (Wildman–Crippen MR) is 141 cm³/mol. The van der Waals surface area contributed by atoms with Crippen LogP contribution in [-0.2, 0) is 31.5 Å². The van der Waals surface area contributed by atoms with E-state index < -0.39 is 33.2 Å². The minimum atomic E-state index is -3.63. The molecule has 38 heavy (non-hydrogen) atoms. The van der Waals surface area contributed by atoms with Crippen LogP contribution in [-0.4, -0.2) is 56.7 Å². The highest BCUT2D eigenvalue weighted by Gasteiger charge is 2.37. The van der Waals surface area contributed by atoms with Crippen molar-refractivity contribution in [1.82, 2.24) is 15.5 Å². The number of benzene rings is 2. The van der Waals surface area contributed by atoms with Gasteiger partial charge in [-0.25, -0.2) is 18.0 Å². The van der Waals surface area contributed by atoms with E-state index >= 15 is 0 Å². The van der Waals surface area contributed by atoms with Gasteiger partial charge in [-0.3, -0.25) is 4.31 Å². The van der Waals surface area contributed by atoms with Gasteiger partial charge in [0.05, 0.1) is 24.6 Å².